The summed E-state index contributed by atoms with van der Waals surface area (Å²) in [6.45, 7) is 4.19. The van der Waals surface area contributed by atoms with Crippen molar-refractivity contribution in [3.05, 3.63) is 23.8 Å². The van der Waals surface area contributed by atoms with Crippen molar-refractivity contribution in [3.63, 3.8) is 0 Å². The van der Waals surface area contributed by atoms with E-state index in [9.17, 15) is 13.2 Å². The van der Waals surface area contributed by atoms with Crippen molar-refractivity contribution in [1.29, 1.82) is 0 Å². The number of benzene rings is 1. The van der Waals surface area contributed by atoms with Crippen LogP contribution in [0.5, 0.6) is 5.75 Å². The highest BCUT2D eigenvalue weighted by atomic mass is 19.4. The van der Waals surface area contributed by atoms with Crippen LogP contribution >= 0.6 is 0 Å². The van der Waals surface area contributed by atoms with E-state index in [1.54, 1.807) is 0 Å². The van der Waals surface area contributed by atoms with Gasteiger partial charge in [0.2, 0.25) is 0 Å². The van der Waals surface area contributed by atoms with Crippen LogP contribution in [0.4, 0.5) is 18.9 Å². The number of nitrogens with two attached hydrogens (primary N) is 1. The standard InChI is InChI=1S/C11H14F3NO/c1-7(2)6-16-10-4-8(11(12,13)14)3-9(15)5-10/h3-5,7H,6,15H2,1-2H3. The minimum Gasteiger partial charge on any atom is -0.493 e. The van der Waals surface area contributed by atoms with Crippen LogP contribution in [-0.2, 0) is 6.18 Å². The third-order valence-corrected chi connectivity index (χ3v) is 1.84. The van der Waals surface area contributed by atoms with E-state index in [1.807, 2.05) is 13.8 Å². The summed E-state index contributed by atoms with van der Waals surface area (Å²) in [7, 11) is 0. The molecular formula is C11H14F3NO. The van der Waals surface area contributed by atoms with Crippen molar-refractivity contribution in [2.75, 3.05) is 12.3 Å². The van der Waals surface area contributed by atoms with E-state index in [0.29, 0.717) is 6.61 Å². The lowest BCUT2D eigenvalue weighted by Gasteiger charge is -2.12. The Labute approximate surface area is 92.2 Å². The summed E-state index contributed by atoms with van der Waals surface area (Å²) in [5, 5.41) is 0. The van der Waals surface area contributed by atoms with Crippen LogP contribution in [0.2, 0.25) is 0 Å². The Morgan fingerprint density at radius 2 is 1.88 bits per heavy atom. The van der Waals surface area contributed by atoms with Gasteiger partial charge in [-0.3, -0.25) is 0 Å². The maximum atomic E-state index is 12.4. The summed E-state index contributed by atoms with van der Waals surface area (Å²) in [5.41, 5.74) is 4.65. The van der Waals surface area contributed by atoms with Gasteiger partial charge < -0.3 is 10.5 Å². The van der Waals surface area contributed by atoms with E-state index >= 15 is 0 Å². The molecule has 1 rings (SSSR count). The first kappa shape index (κ1) is 12.7. The molecule has 0 aliphatic heterocycles. The Kier molecular flexibility index (Phi) is 3.67. The molecule has 0 heterocycles. The van der Waals surface area contributed by atoms with E-state index < -0.39 is 11.7 Å². The van der Waals surface area contributed by atoms with Gasteiger partial charge in [-0.25, -0.2) is 0 Å². The number of alkyl halides is 3. The fourth-order valence-corrected chi connectivity index (χ4v) is 1.13. The number of hydrogen-bond donors (Lipinski definition) is 1. The smallest absolute Gasteiger partial charge is 0.416 e. The van der Waals surface area contributed by atoms with Gasteiger partial charge in [0.05, 0.1) is 12.2 Å². The molecule has 5 heteroatoms. The monoisotopic (exact) mass is 233 g/mol. The quantitative estimate of drug-likeness (QED) is 0.813. The number of ether oxygens (including phenoxy) is 1. The number of rotatable bonds is 3. The second kappa shape index (κ2) is 4.63. The number of anilines is 1. The second-order valence-corrected chi connectivity index (χ2v) is 3.99. The Balaban J connectivity index is 2.90. The summed E-state index contributed by atoms with van der Waals surface area (Å²) in [5.74, 6) is 0.400. The lowest BCUT2D eigenvalue weighted by molar-refractivity contribution is -0.137. The first-order valence-corrected chi connectivity index (χ1v) is 4.89. The molecule has 0 unspecified atom stereocenters. The zero-order valence-electron chi connectivity index (χ0n) is 9.14. The molecule has 0 amide bonds. The zero-order valence-corrected chi connectivity index (χ0v) is 9.14. The first-order chi connectivity index (χ1) is 7.29. The minimum atomic E-state index is -4.40. The number of halogens is 3. The van der Waals surface area contributed by atoms with Crippen LogP contribution in [0, 0.1) is 5.92 Å². The average molecular weight is 233 g/mol. The summed E-state index contributed by atoms with van der Waals surface area (Å²) in [4.78, 5) is 0. The molecule has 1 aromatic carbocycles. The van der Waals surface area contributed by atoms with Gasteiger partial charge in [0.25, 0.3) is 0 Å². The summed E-state index contributed by atoms with van der Waals surface area (Å²) >= 11 is 0. The van der Waals surface area contributed by atoms with Crippen LogP contribution in [0.15, 0.2) is 18.2 Å². The molecule has 16 heavy (non-hydrogen) atoms. The van der Waals surface area contributed by atoms with Gasteiger partial charge in [0, 0.05) is 11.8 Å². The molecule has 0 aliphatic rings. The average Bonchev–Trinajstić information content (AvgIpc) is 2.12. The van der Waals surface area contributed by atoms with E-state index in [4.69, 9.17) is 10.5 Å². The Bertz CT molecular complexity index is 361. The van der Waals surface area contributed by atoms with Crippen molar-refractivity contribution >= 4 is 5.69 Å². The molecule has 0 radical (unpaired) electrons. The maximum Gasteiger partial charge on any atom is 0.416 e. The third kappa shape index (κ3) is 3.64. The minimum absolute atomic E-state index is 0.0496. The van der Waals surface area contributed by atoms with Gasteiger partial charge in [0.15, 0.2) is 0 Å². The number of hydrogen-bond acceptors (Lipinski definition) is 2. The van der Waals surface area contributed by atoms with Gasteiger partial charge in [-0.15, -0.1) is 0 Å². The highest BCUT2D eigenvalue weighted by Crippen LogP contribution is 2.33. The SMILES string of the molecule is CC(C)COc1cc(N)cc(C(F)(F)F)c1. The van der Waals surface area contributed by atoms with E-state index in [1.165, 1.54) is 6.07 Å². The van der Waals surface area contributed by atoms with E-state index in [0.717, 1.165) is 12.1 Å². The van der Waals surface area contributed by atoms with Gasteiger partial charge in [-0.2, -0.15) is 13.2 Å². The summed E-state index contributed by atoms with van der Waals surface area (Å²) in [6.07, 6.45) is -4.40. The van der Waals surface area contributed by atoms with Crippen molar-refractivity contribution in [3.8, 4) is 5.75 Å². The highest BCUT2D eigenvalue weighted by Gasteiger charge is 2.31. The van der Waals surface area contributed by atoms with E-state index in [2.05, 4.69) is 0 Å². The van der Waals surface area contributed by atoms with Crippen molar-refractivity contribution in [2.45, 2.75) is 20.0 Å². The van der Waals surface area contributed by atoms with Crippen LogP contribution < -0.4 is 10.5 Å². The molecule has 0 saturated carbocycles. The molecule has 0 fully saturated rings. The van der Waals surface area contributed by atoms with Gasteiger partial charge >= 0.3 is 6.18 Å². The normalized spacial score (nSPS) is 11.9. The molecule has 90 valence electrons. The fourth-order valence-electron chi connectivity index (χ4n) is 1.13. The molecule has 0 aliphatic carbocycles. The van der Waals surface area contributed by atoms with Crippen LogP contribution in [0.25, 0.3) is 0 Å². The van der Waals surface area contributed by atoms with Crippen LogP contribution in [0.1, 0.15) is 19.4 Å². The molecule has 0 spiro atoms. The molecule has 0 atom stereocenters. The second-order valence-electron chi connectivity index (χ2n) is 3.99. The van der Waals surface area contributed by atoms with Crippen molar-refractivity contribution in [1.82, 2.24) is 0 Å². The van der Waals surface area contributed by atoms with Gasteiger partial charge in [-0.05, 0) is 18.1 Å². The molecule has 0 bridgehead atoms. The zero-order chi connectivity index (χ0) is 12.3. The van der Waals surface area contributed by atoms with Crippen molar-refractivity contribution in [2.24, 2.45) is 5.92 Å². The van der Waals surface area contributed by atoms with Crippen LogP contribution in [-0.4, -0.2) is 6.61 Å². The Hall–Kier alpha value is -1.39. The topological polar surface area (TPSA) is 35.2 Å². The lowest BCUT2D eigenvalue weighted by Crippen LogP contribution is -2.08. The number of nitrogen functional groups attached to an aromatic ring is 1. The predicted octanol–water partition coefficient (Wildman–Crippen LogP) is 3.32. The van der Waals surface area contributed by atoms with Gasteiger partial charge in [-0.1, -0.05) is 13.8 Å². The molecule has 0 aromatic heterocycles. The molecule has 1 aromatic rings. The lowest BCUT2D eigenvalue weighted by atomic mass is 10.2. The maximum absolute atomic E-state index is 12.4. The molecule has 2 nitrogen and oxygen atoms in total. The van der Waals surface area contributed by atoms with E-state index in [-0.39, 0.29) is 17.4 Å². The highest BCUT2D eigenvalue weighted by molar-refractivity contribution is 5.48. The Morgan fingerprint density at radius 1 is 1.25 bits per heavy atom. The van der Waals surface area contributed by atoms with Crippen LogP contribution in [0.3, 0.4) is 0 Å². The third-order valence-electron chi connectivity index (χ3n) is 1.84. The molecule has 2 N–H and O–H groups in total. The largest absolute Gasteiger partial charge is 0.493 e. The fraction of sp³-hybridized carbons (Fsp3) is 0.455. The van der Waals surface area contributed by atoms with Crippen molar-refractivity contribution < 1.29 is 17.9 Å². The molecule has 0 saturated heterocycles. The Morgan fingerprint density at radius 3 is 2.38 bits per heavy atom. The molecular weight excluding hydrogens is 219 g/mol. The van der Waals surface area contributed by atoms with Gasteiger partial charge in [0.1, 0.15) is 5.75 Å². The summed E-state index contributed by atoms with van der Waals surface area (Å²) < 4.78 is 42.5. The summed E-state index contributed by atoms with van der Waals surface area (Å²) in [6, 6.07) is 3.23. The predicted molar refractivity (Wildman–Crippen MR) is 56.2 cm³/mol. The first-order valence-electron chi connectivity index (χ1n) is 4.89.